The lowest BCUT2D eigenvalue weighted by Gasteiger charge is -2.10. The Kier molecular flexibility index (Phi) is 4.72. The first-order valence-corrected chi connectivity index (χ1v) is 11.8. The van der Waals surface area contributed by atoms with Crippen molar-refractivity contribution in [2.75, 3.05) is 0 Å². The third-order valence-electron chi connectivity index (χ3n) is 7.29. The van der Waals surface area contributed by atoms with Crippen molar-refractivity contribution in [3.63, 3.8) is 0 Å². The molecule has 0 bridgehead atoms. The van der Waals surface area contributed by atoms with Gasteiger partial charge in [-0.15, -0.1) is 0 Å². The second-order valence-corrected chi connectivity index (χ2v) is 9.12. The summed E-state index contributed by atoms with van der Waals surface area (Å²) in [4.78, 5) is 0. The molecule has 0 heteroatoms. The summed E-state index contributed by atoms with van der Waals surface area (Å²) in [5.41, 5.74) is 15.1. The molecule has 152 valence electrons. The van der Waals surface area contributed by atoms with E-state index >= 15 is 0 Å². The summed E-state index contributed by atoms with van der Waals surface area (Å²) >= 11 is 0. The maximum absolute atomic E-state index is 2.35. The van der Waals surface area contributed by atoms with Crippen molar-refractivity contribution in [1.82, 2.24) is 0 Å². The number of benzene rings is 4. The van der Waals surface area contributed by atoms with Crippen molar-refractivity contribution in [1.29, 1.82) is 0 Å². The van der Waals surface area contributed by atoms with Gasteiger partial charge in [-0.1, -0.05) is 91.3 Å². The van der Waals surface area contributed by atoms with E-state index < -0.39 is 0 Å². The lowest BCUT2D eigenvalue weighted by molar-refractivity contribution is 0.675. The van der Waals surface area contributed by atoms with Crippen molar-refractivity contribution >= 4 is 0 Å². The lowest BCUT2D eigenvalue weighted by Crippen LogP contribution is -1.96. The van der Waals surface area contributed by atoms with Gasteiger partial charge in [0.15, 0.2) is 0 Å². The standard InChI is InChI=1S/C31H28/c1(2-10-22-14-8-18-28-26-16-6-4-12-24(26)20-30(22)28)3-11-23-15-9-19-29-27-17-7-5-13-25(27)21-31(23)29/h4-9,12-19H,1-3,10-11,20-21H2. The van der Waals surface area contributed by atoms with Gasteiger partial charge in [-0.3, -0.25) is 0 Å². The molecule has 2 aliphatic carbocycles. The van der Waals surface area contributed by atoms with E-state index in [9.17, 15) is 0 Å². The second-order valence-electron chi connectivity index (χ2n) is 9.12. The van der Waals surface area contributed by atoms with Gasteiger partial charge in [-0.05, 0) is 94.2 Å². The molecule has 0 nitrogen and oxygen atoms in total. The maximum atomic E-state index is 2.35. The summed E-state index contributed by atoms with van der Waals surface area (Å²) in [6.45, 7) is 0. The fourth-order valence-corrected chi connectivity index (χ4v) is 5.72. The Morgan fingerprint density at radius 1 is 0.419 bits per heavy atom. The van der Waals surface area contributed by atoms with Crippen LogP contribution in [0.15, 0.2) is 84.9 Å². The fourth-order valence-electron chi connectivity index (χ4n) is 5.72. The Hall–Kier alpha value is -3.12. The van der Waals surface area contributed by atoms with Crippen LogP contribution in [0.5, 0.6) is 0 Å². The average Bonchev–Trinajstić information content (AvgIpc) is 3.38. The monoisotopic (exact) mass is 400 g/mol. The van der Waals surface area contributed by atoms with Crippen LogP contribution in [-0.4, -0.2) is 0 Å². The van der Waals surface area contributed by atoms with E-state index in [-0.39, 0.29) is 0 Å². The Morgan fingerprint density at radius 3 is 1.39 bits per heavy atom. The predicted octanol–water partition coefficient (Wildman–Crippen LogP) is 7.78. The van der Waals surface area contributed by atoms with Crippen LogP contribution in [-0.2, 0) is 25.7 Å². The zero-order valence-electron chi connectivity index (χ0n) is 18.0. The lowest BCUT2D eigenvalue weighted by atomic mass is 9.95. The molecule has 0 amide bonds. The topological polar surface area (TPSA) is 0 Å². The molecule has 0 aliphatic heterocycles. The molecule has 0 aromatic heterocycles. The SMILES string of the molecule is c1ccc2c(c1)Cc1c(CCCCCc3cccc4c3Cc3ccccc3-4)cccc1-2. The van der Waals surface area contributed by atoms with Crippen molar-refractivity contribution < 1.29 is 0 Å². The normalized spacial score (nSPS) is 12.9. The zero-order valence-corrected chi connectivity index (χ0v) is 18.0. The van der Waals surface area contributed by atoms with Crippen LogP contribution in [0.25, 0.3) is 22.3 Å². The number of unbranched alkanes of at least 4 members (excludes halogenated alkanes) is 2. The van der Waals surface area contributed by atoms with Gasteiger partial charge in [0.25, 0.3) is 0 Å². The summed E-state index contributed by atoms with van der Waals surface area (Å²) in [6, 6.07) is 31.6. The number of fused-ring (bicyclic) bond motifs is 6. The molecule has 4 aromatic rings. The van der Waals surface area contributed by atoms with Gasteiger partial charge in [0, 0.05) is 0 Å². The molecule has 0 fully saturated rings. The molecule has 6 rings (SSSR count). The van der Waals surface area contributed by atoms with Gasteiger partial charge in [-0.25, -0.2) is 0 Å². The number of aryl methyl sites for hydroxylation is 2. The first kappa shape index (κ1) is 18.6. The minimum atomic E-state index is 1.11. The summed E-state index contributed by atoms with van der Waals surface area (Å²) in [5, 5.41) is 0. The van der Waals surface area contributed by atoms with Gasteiger partial charge >= 0.3 is 0 Å². The van der Waals surface area contributed by atoms with Crippen LogP contribution in [0.4, 0.5) is 0 Å². The van der Waals surface area contributed by atoms with Gasteiger partial charge in [0.05, 0.1) is 0 Å². The van der Waals surface area contributed by atoms with E-state index in [4.69, 9.17) is 0 Å². The van der Waals surface area contributed by atoms with Crippen molar-refractivity contribution in [3.8, 4) is 22.3 Å². The van der Waals surface area contributed by atoms with Crippen LogP contribution in [0.3, 0.4) is 0 Å². The van der Waals surface area contributed by atoms with E-state index in [0.29, 0.717) is 0 Å². The number of hydrogen-bond acceptors (Lipinski definition) is 0. The molecular formula is C31H28. The summed E-state index contributed by atoms with van der Waals surface area (Å²) in [7, 11) is 0. The highest BCUT2D eigenvalue weighted by Gasteiger charge is 2.21. The second kappa shape index (κ2) is 7.85. The molecule has 4 aromatic carbocycles. The fraction of sp³-hybridized carbons (Fsp3) is 0.226. The molecule has 31 heavy (non-hydrogen) atoms. The smallest absolute Gasteiger partial charge is 0.00107 e. The van der Waals surface area contributed by atoms with E-state index in [1.54, 1.807) is 22.3 Å². The minimum Gasteiger partial charge on any atom is -0.0619 e. The predicted molar refractivity (Wildman–Crippen MR) is 131 cm³/mol. The van der Waals surface area contributed by atoms with Crippen LogP contribution in [0.1, 0.15) is 52.6 Å². The highest BCUT2D eigenvalue weighted by atomic mass is 14.2. The van der Waals surface area contributed by atoms with E-state index in [1.807, 2.05) is 0 Å². The first-order valence-electron chi connectivity index (χ1n) is 11.8. The Balaban J connectivity index is 1.09. The van der Waals surface area contributed by atoms with E-state index in [0.717, 1.165) is 12.8 Å². The van der Waals surface area contributed by atoms with Crippen molar-refractivity contribution in [2.45, 2.75) is 44.9 Å². The van der Waals surface area contributed by atoms with Crippen molar-refractivity contribution in [2.24, 2.45) is 0 Å². The molecule has 0 unspecified atom stereocenters. The third-order valence-corrected chi connectivity index (χ3v) is 7.29. The van der Waals surface area contributed by atoms with Crippen LogP contribution in [0, 0.1) is 0 Å². The molecule has 0 spiro atoms. The van der Waals surface area contributed by atoms with Gasteiger partial charge < -0.3 is 0 Å². The Labute approximate surface area is 185 Å². The zero-order chi connectivity index (χ0) is 20.6. The van der Waals surface area contributed by atoms with Gasteiger partial charge in [0.2, 0.25) is 0 Å². The highest BCUT2D eigenvalue weighted by molar-refractivity contribution is 5.78. The first-order chi connectivity index (χ1) is 15.4. The average molecular weight is 401 g/mol. The van der Waals surface area contributed by atoms with Gasteiger partial charge in [0.1, 0.15) is 0 Å². The van der Waals surface area contributed by atoms with E-state index in [2.05, 4.69) is 84.9 Å². The molecule has 0 radical (unpaired) electrons. The highest BCUT2D eigenvalue weighted by Crippen LogP contribution is 2.39. The van der Waals surface area contributed by atoms with Crippen molar-refractivity contribution in [3.05, 3.63) is 118 Å². The third kappa shape index (κ3) is 3.31. The minimum absolute atomic E-state index is 1.11. The molecule has 0 saturated heterocycles. The van der Waals surface area contributed by atoms with Crippen LogP contribution in [0.2, 0.25) is 0 Å². The number of hydrogen-bond donors (Lipinski definition) is 0. The largest absolute Gasteiger partial charge is 0.0619 e. The van der Waals surface area contributed by atoms with Crippen LogP contribution >= 0.6 is 0 Å². The molecule has 2 aliphatic rings. The quantitative estimate of drug-likeness (QED) is 0.250. The maximum Gasteiger partial charge on any atom is -0.00107 e. The Bertz CT molecular complexity index is 1160. The summed E-state index contributed by atoms with van der Waals surface area (Å²) < 4.78 is 0. The molecular weight excluding hydrogens is 372 g/mol. The van der Waals surface area contributed by atoms with Gasteiger partial charge in [-0.2, -0.15) is 0 Å². The summed E-state index contributed by atoms with van der Waals surface area (Å²) in [6.07, 6.45) is 8.49. The summed E-state index contributed by atoms with van der Waals surface area (Å²) in [5.74, 6) is 0. The molecule has 0 atom stereocenters. The Morgan fingerprint density at radius 2 is 0.871 bits per heavy atom. The molecule has 0 saturated carbocycles. The number of rotatable bonds is 6. The molecule has 0 N–H and O–H groups in total. The molecule has 0 heterocycles. The van der Waals surface area contributed by atoms with Crippen LogP contribution < -0.4 is 0 Å². The van der Waals surface area contributed by atoms with E-state index in [1.165, 1.54) is 65.5 Å².